The van der Waals surface area contributed by atoms with Crippen molar-refractivity contribution in [3.63, 3.8) is 0 Å². The summed E-state index contributed by atoms with van der Waals surface area (Å²) in [6.07, 6.45) is 11.1. The van der Waals surface area contributed by atoms with E-state index in [4.69, 9.17) is 0 Å². The Labute approximate surface area is 143 Å². The van der Waals surface area contributed by atoms with E-state index in [2.05, 4.69) is 15.1 Å². The lowest BCUT2D eigenvalue weighted by Gasteiger charge is -2.37. The van der Waals surface area contributed by atoms with Gasteiger partial charge in [-0.1, -0.05) is 12.8 Å². The SMILES string of the molecule is O=C(Cc1n[nH]c2c1CCCC2)N1CCC[C@@H]1[C@@H]1CCCC[C@H]1O. The highest BCUT2D eigenvalue weighted by Crippen LogP contribution is 2.35. The van der Waals surface area contributed by atoms with Gasteiger partial charge in [-0.3, -0.25) is 9.89 Å². The molecule has 0 unspecified atom stereocenters. The third kappa shape index (κ3) is 2.99. The Kier molecular flexibility index (Phi) is 4.61. The van der Waals surface area contributed by atoms with Crippen LogP contribution in [0.5, 0.6) is 0 Å². The van der Waals surface area contributed by atoms with E-state index in [9.17, 15) is 9.90 Å². The molecule has 2 N–H and O–H groups in total. The van der Waals surface area contributed by atoms with E-state index in [0.29, 0.717) is 6.42 Å². The minimum Gasteiger partial charge on any atom is -0.393 e. The summed E-state index contributed by atoms with van der Waals surface area (Å²) in [7, 11) is 0. The molecular formula is C19H29N3O2. The van der Waals surface area contributed by atoms with Gasteiger partial charge in [0, 0.05) is 24.2 Å². The molecule has 2 aliphatic carbocycles. The third-order valence-electron chi connectivity index (χ3n) is 6.36. The molecule has 1 aliphatic heterocycles. The van der Waals surface area contributed by atoms with Crippen molar-refractivity contribution in [1.82, 2.24) is 15.1 Å². The lowest BCUT2D eigenvalue weighted by molar-refractivity contribution is -0.133. The molecule has 1 aromatic rings. The second kappa shape index (κ2) is 6.87. The fourth-order valence-electron chi connectivity index (χ4n) is 5.08. The minimum atomic E-state index is -0.227. The van der Waals surface area contributed by atoms with Crippen LogP contribution in [0.2, 0.25) is 0 Å². The van der Waals surface area contributed by atoms with Gasteiger partial charge < -0.3 is 10.0 Å². The maximum absolute atomic E-state index is 12.9. The highest BCUT2D eigenvalue weighted by molar-refractivity contribution is 5.79. The van der Waals surface area contributed by atoms with Crippen LogP contribution in [0.4, 0.5) is 0 Å². The summed E-state index contributed by atoms with van der Waals surface area (Å²) in [5.41, 5.74) is 3.50. The van der Waals surface area contributed by atoms with Crippen molar-refractivity contribution in [2.75, 3.05) is 6.54 Å². The van der Waals surface area contributed by atoms with Gasteiger partial charge in [0.05, 0.1) is 18.2 Å². The van der Waals surface area contributed by atoms with Gasteiger partial charge in [0.2, 0.25) is 5.91 Å². The van der Waals surface area contributed by atoms with Crippen LogP contribution in [0, 0.1) is 5.92 Å². The summed E-state index contributed by atoms with van der Waals surface area (Å²) in [4.78, 5) is 15.0. The van der Waals surface area contributed by atoms with Crippen molar-refractivity contribution in [3.8, 4) is 0 Å². The third-order valence-corrected chi connectivity index (χ3v) is 6.36. The monoisotopic (exact) mass is 331 g/mol. The van der Waals surface area contributed by atoms with Crippen LogP contribution in [-0.2, 0) is 24.1 Å². The highest BCUT2D eigenvalue weighted by Gasteiger charge is 2.39. The zero-order chi connectivity index (χ0) is 16.5. The number of H-pyrrole nitrogens is 1. The van der Waals surface area contributed by atoms with E-state index < -0.39 is 0 Å². The Bertz CT molecular complexity index is 597. The highest BCUT2D eigenvalue weighted by atomic mass is 16.3. The first-order valence-corrected chi connectivity index (χ1v) is 9.76. The number of hydrogen-bond donors (Lipinski definition) is 2. The molecule has 0 bridgehead atoms. The summed E-state index contributed by atoms with van der Waals surface area (Å²) >= 11 is 0. The number of aliphatic hydroxyl groups is 1. The molecule has 0 radical (unpaired) electrons. The molecule has 1 amide bonds. The first-order valence-electron chi connectivity index (χ1n) is 9.76. The lowest BCUT2D eigenvalue weighted by Crippen LogP contribution is -2.45. The van der Waals surface area contributed by atoms with Gasteiger partial charge in [-0.05, 0) is 56.9 Å². The maximum atomic E-state index is 12.9. The number of aromatic nitrogens is 2. The first kappa shape index (κ1) is 16.1. The average Bonchev–Trinajstić information content (AvgIpc) is 3.23. The lowest BCUT2D eigenvalue weighted by atomic mass is 9.80. The zero-order valence-corrected chi connectivity index (χ0v) is 14.5. The number of nitrogens with one attached hydrogen (secondary N) is 1. The number of amides is 1. The predicted molar refractivity (Wildman–Crippen MR) is 91.6 cm³/mol. The van der Waals surface area contributed by atoms with Crippen molar-refractivity contribution >= 4 is 5.91 Å². The van der Waals surface area contributed by atoms with Crippen LogP contribution in [0.15, 0.2) is 0 Å². The molecule has 5 nitrogen and oxygen atoms in total. The Morgan fingerprint density at radius 1 is 1.12 bits per heavy atom. The molecule has 4 rings (SSSR count). The van der Waals surface area contributed by atoms with E-state index in [-0.39, 0.29) is 24.0 Å². The quantitative estimate of drug-likeness (QED) is 0.893. The standard InChI is InChI=1S/C19H29N3O2/c23-18-10-4-2-7-14(18)17-9-5-11-22(17)19(24)12-16-13-6-1-3-8-15(13)20-21-16/h14,17-18,23H,1-12H2,(H,20,21)/t14-,17+,18+/m0/s1. The van der Waals surface area contributed by atoms with Gasteiger partial charge in [-0.2, -0.15) is 5.10 Å². The van der Waals surface area contributed by atoms with Gasteiger partial charge in [-0.25, -0.2) is 0 Å². The molecule has 1 saturated carbocycles. The predicted octanol–water partition coefficient (Wildman–Crippen LogP) is 2.37. The van der Waals surface area contributed by atoms with Gasteiger partial charge in [0.15, 0.2) is 0 Å². The molecule has 5 heteroatoms. The van der Waals surface area contributed by atoms with Crippen LogP contribution in [0.3, 0.4) is 0 Å². The average molecular weight is 331 g/mol. The number of carbonyl (C=O) groups excluding carboxylic acids is 1. The Morgan fingerprint density at radius 3 is 2.83 bits per heavy atom. The Balaban J connectivity index is 1.46. The van der Waals surface area contributed by atoms with E-state index in [0.717, 1.165) is 57.2 Å². The zero-order valence-electron chi connectivity index (χ0n) is 14.5. The molecule has 132 valence electrons. The van der Waals surface area contributed by atoms with Crippen LogP contribution >= 0.6 is 0 Å². The molecule has 1 saturated heterocycles. The number of aryl methyl sites for hydroxylation is 1. The molecule has 2 heterocycles. The molecule has 24 heavy (non-hydrogen) atoms. The topological polar surface area (TPSA) is 69.2 Å². The van der Waals surface area contributed by atoms with Gasteiger partial charge in [0.1, 0.15) is 0 Å². The summed E-state index contributed by atoms with van der Waals surface area (Å²) in [6.45, 7) is 0.847. The Morgan fingerprint density at radius 2 is 1.96 bits per heavy atom. The summed E-state index contributed by atoms with van der Waals surface area (Å²) in [5, 5.41) is 18.0. The molecule has 0 aromatic carbocycles. The smallest absolute Gasteiger partial charge is 0.228 e. The Hall–Kier alpha value is -1.36. The maximum Gasteiger partial charge on any atom is 0.228 e. The summed E-state index contributed by atoms with van der Waals surface area (Å²) in [5.74, 6) is 0.480. The molecule has 1 aromatic heterocycles. The largest absolute Gasteiger partial charge is 0.393 e. The van der Waals surface area contributed by atoms with Gasteiger partial charge in [-0.15, -0.1) is 0 Å². The molecule has 2 fully saturated rings. The van der Waals surface area contributed by atoms with E-state index >= 15 is 0 Å². The van der Waals surface area contributed by atoms with Crippen LogP contribution < -0.4 is 0 Å². The number of aliphatic hydroxyl groups excluding tert-OH is 1. The van der Waals surface area contributed by atoms with Crippen molar-refractivity contribution < 1.29 is 9.90 Å². The van der Waals surface area contributed by atoms with Crippen molar-refractivity contribution in [2.45, 2.75) is 82.8 Å². The fraction of sp³-hybridized carbons (Fsp3) is 0.789. The van der Waals surface area contributed by atoms with Gasteiger partial charge >= 0.3 is 0 Å². The fourth-order valence-corrected chi connectivity index (χ4v) is 5.08. The van der Waals surface area contributed by atoms with Crippen LogP contribution in [-0.4, -0.2) is 44.8 Å². The number of fused-ring (bicyclic) bond motifs is 1. The second-order valence-electron chi connectivity index (χ2n) is 7.82. The first-order chi connectivity index (χ1) is 11.7. The summed E-state index contributed by atoms with van der Waals surface area (Å²) < 4.78 is 0. The molecular weight excluding hydrogens is 302 g/mol. The minimum absolute atomic E-state index is 0.204. The molecule has 3 aliphatic rings. The number of carbonyl (C=O) groups is 1. The second-order valence-corrected chi connectivity index (χ2v) is 7.82. The van der Waals surface area contributed by atoms with E-state index in [1.54, 1.807) is 0 Å². The summed E-state index contributed by atoms with van der Waals surface area (Å²) in [6, 6.07) is 0.238. The van der Waals surface area contributed by atoms with Crippen LogP contribution in [0.1, 0.15) is 68.3 Å². The van der Waals surface area contributed by atoms with E-state index in [1.807, 2.05) is 0 Å². The van der Waals surface area contributed by atoms with Crippen molar-refractivity contribution in [3.05, 3.63) is 17.0 Å². The van der Waals surface area contributed by atoms with Crippen molar-refractivity contribution in [1.29, 1.82) is 0 Å². The number of nitrogens with zero attached hydrogens (tertiary/aromatic N) is 2. The molecule has 3 atom stereocenters. The van der Waals surface area contributed by atoms with Crippen molar-refractivity contribution in [2.24, 2.45) is 5.92 Å². The number of aromatic amines is 1. The van der Waals surface area contributed by atoms with Crippen LogP contribution in [0.25, 0.3) is 0 Å². The normalized spacial score (nSPS) is 30.4. The van der Waals surface area contributed by atoms with E-state index in [1.165, 1.54) is 30.5 Å². The molecule has 0 spiro atoms. The van der Waals surface area contributed by atoms with Gasteiger partial charge in [0.25, 0.3) is 0 Å². The number of hydrogen-bond acceptors (Lipinski definition) is 3. The number of rotatable bonds is 3. The number of likely N-dealkylation sites (tertiary alicyclic amines) is 1.